The molecule has 0 saturated carbocycles. The molecule has 2 aromatic heterocycles. The maximum atomic E-state index is 12.9. The molecule has 1 amide bonds. The lowest BCUT2D eigenvalue weighted by Gasteiger charge is -2.24. The zero-order valence-corrected chi connectivity index (χ0v) is 15.5. The third kappa shape index (κ3) is 3.64. The number of benzene rings is 1. The molecule has 1 aromatic carbocycles. The second kappa shape index (κ2) is 7.36. The van der Waals surface area contributed by atoms with Gasteiger partial charge >= 0.3 is 0 Å². The van der Waals surface area contributed by atoms with Crippen LogP contribution in [0.15, 0.2) is 48.9 Å². The van der Waals surface area contributed by atoms with Gasteiger partial charge in [0.2, 0.25) is 5.88 Å². The molecule has 0 bridgehead atoms. The molecule has 1 fully saturated rings. The van der Waals surface area contributed by atoms with Crippen molar-refractivity contribution in [3.05, 3.63) is 65.3 Å². The van der Waals surface area contributed by atoms with Crippen molar-refractivity contribution in [1.29, 1.82) is 0 Å². The number of hydrogen-bond donors (Lipinski definition) is 0. The Morgan fingerprint density at radius 1 is 1.22 bits per heavy atom. The highest BCUT2D eigenvalue weighted by atomic mass is 35.5. The van der Waals surface area contributed by atoms with Gasteiger partial charge in [0.1, 0.15) is 11.4 Å². The highest BCUT2D eigenvalue weighted by molar-refractivity contribution is 6.30. The van der Waals surface area contributed by atoms with E-state index in [0.29, 0.717) is 28.9 Å². The molecule has 1 unspecified atom stereocenters. The lowest BCUT2D eigenvalue weighted by Crippen LogP contribution is -2.32. The van der Waals surface area contributed by atoms with E-state index in [-0.39, 0.29) is 11.9 Å². The van der Waals surface area contributed by atoms with Gasteiger partial charge in [-0.05, 0) is 43.2 Å². The topological polar surface area (TPSA) is 73.1 Å². The van der Waals surface area contributed by atoms with Crippen molar-refractivity contribution in [3.8, 4) is 11.6 Å². The molecular formula is C19H18ClN5O2. The SMILES string of the molecule is Cn1nccc1C(=O)N1CCCC1c1cncc(Oc2ccc(Cl)cc2)n1. The zero-order valence-electron chi connectivity index (χ0n) is 14.7. The van der Waals surface area contributed by atoms with Crippen molar-refractivity contribution < 1.29 is 9.53 Å². The van der Waals surface area contributed by atoms with Crippen molar-refractivity contribution in [3.63, 3.8) is 0 Å². The molecule has 3 heterocycles. The normalized spacial score (nSPS) is 16.5. The molecular weight excluding hydrogens is 366 g/mol. The molecule has 0 spiro atoms. The maximum absolute atomic E-state index is 12.9. The van der Waals surface area contributed by atoms with Crippen LogP contribution in [0.3, 0.4) is 0 Å². The van der Waals surface area contributed by atoms with Crippen molar-refractivity contribution in [2.75, 3.05) is 6.54 Å². The molecule has 1 saturated heterocycles. The molecule has 0 aliphatic carbocycles. The van der Waals surface area contributed by atoms with Crippen LogP contribution in [0.4, 0.5) is 0 Å². The summed E-state index contributed by atoms with van der Waals surface area (Å²) in [6, 6.07) is 8.63. The highest BCUT2D eigenvalue weighted by Crippen LogP contribution is 2.33. The van der Waals surface area contributed by atoms with Gasteiger partial charge in [0, 0.05) is 24.8 Å². The van der Waals surface area contributed by atoms with Gasteiger partial charge in [-0.25, -0.2) is 4.98 Å². The number of hydrogen-bond acceptors (Lipinski definition) is 5. The molecule has 1 atom stereocenters. The van der Waals surface area contributed by atoms with Crippen LogP contribution in [-0.2, 0) is 7.05 Å². The molecule has 138 valence electrons. The summed E-state index contributed by atoms with van der Waals surface area (Å²) in [6.07, 6.45) is 6.62. The van der Waals surface area contributed by atoms with Gasteiger partial charge in [-0.3, -0.25) is 14.5 Å². The monoisotopic (exact) mass is 383 g/mol. The van der Waals surface area contributed by atoms with Crippen molar-refractivity contribution >= 4 is 17.5 Å². The highest BCUT2D eigenvalue weighted by Gasteiger charge is 2.33. The van der Waals surface area contributed by atoms with E-state index in [2.05, 4.69) is 15.1 Å². The van der Waals surface area contributed by atoms with Crippen LogP contribution < -0.4 is 4.74 Å². The molecule has 27 heavy (non-hydrogen) atoms. The maximum Gasteiger partial charge on any atom is 0.272 e. The van der Waals surface area contributed by atoms with Crippen LogP contribution in [-0.4, -0.2) is 37.1 Å². The Bertz CT molecular complexity index is 957. The first-order chi connectivity index (χ1) is 13.1. The third-order valence-corrected chi connectivity index (χ3v) is 4.81. The first kappa shape index (κ1) is 17.5. The molecule has 1 aliphatic heterocycles. The van der Waals surface area contributed by atoms with E-state index in [0.717, 1.165) is 18.5 Å². The Balaban J connectivity index is 1.56. The number of aromatic nitrogens is 4. The summed E-state index contributed by atoms with van der Waals surface area (Å²) in [5.74, 6) is 0.957. The smallest absolute Gasteiger partial charge is 0.272 e. The Labute approximate surface area is 161 Å². The standard InChI is InChI=1S/C19H18ClN5O2/c1-24-17(8-9-22-24)19(26)25-10-2-3-16(25)15-11-21-12-18(23-15)27-14-6-4-13(20)5-7-14/h4-9,11-12,16H,2-3,10H2,1H3. The predicted molar refractivity (Wildman–Crippen MR) is 99.8 cm³/mol. The van der Waals surface area contributed by atoms with Gasteiger partial charge in [-0.1, -0.05) is 11.6 Å². The predicted octanol–water partition coefficient (Wildman–Crippen LogP) is 3.63. The number of aryl methyl sites for hydroxylation is 1. The fourth-order valence-corrected chi connectivity index (χ4v) is 3.37. The number of nitrogens with zero attached hydrogens (tertiary/aromatic N) is 5. The van der Waals surface area contributed by atoms with E-state index in [1.54, 1.807) is 60.7 Å². The van der Waals surface area contributed by atoms with Gasteiger partial charge < -0.3 is 9.64 Å². The van der Waals surface area contributed by atoms with Crippen LogP contribution in [0.2, 0.25) is 5.02 Å². The van der Waals surface area contributed by atoms with Crippen molar-refractivity contribution in [2.24, 2.45) is 7.05 Å². The van der Waals surface area contributed by atoms with Gasteiger partial charge in [0.05, 0.1) is 24.1 Å². The average Bonchev–Trinajstić information content (AvgIpc) is 3.32. The van der Waals surface area contributed by atoms with Crippen molar-refractivity contribution in [2.45, 2.75) is 18.9 Å². The fourth-order valence-electron chi connectivity index (χ4n) is 3.24. The van der Waals surface area contributed by atoms with Crippen molar-refractivity contribution in [1.82, 2.24) is 24.6 Å². The van der Waals surface area contributed by atoms with E-state index in [1.165, 1.54) is 0 Å². The minimum Gasteiger partial charge on any atom is -0.437 e. The number of halogens is 1. The summed E-state index contributed by atoms with van der Waals surface area (Å²) in [5.41, 5.74) is 1.28. The minimum absolute atomic E-state index is 0.0525. The number of amides is 1. The Morgan fingerprint density at radius 2 is 2.04 bits per heavy atom. The average molecular weight is 384 g/mol. The largest absolute Gasteiger partial charge is 0.437 e. The van der Waals surface area contributed by atoms with Crippen LogP contribution in [0, 0.1) is 0 Å². The Hall–Kier alpha value is -2.93. The minimum atomic E-state index is -0.131. The molecule has 3 aromatic rings. The Kier molecular flexibility index (Phi) is 4.77. The Morgan fingerprint density at radius 3 is 2.78 bits per heavy atom. The zero-order chi connectivity index (χ0) is 18.8. The van der Waals surface area contributed by atoms with Crippen LogP contribution >= 0.6 is 11.6 Å². The van der Waals surface area contributed by atoms with E-state index in [4.69, 9.17) is 16.3 Å². The van der Waals surface area contributed by atoms with Gasteiger partial charge in [-0.2, -0.15) is 5.10 Å². The van der Waals surface area contributed by atoms with Gasteiger partial charge in [0.25, 0.3) is 5.91 Å². The third-order valence-electron chi connectivity index (χ3n) is 4.56. The quantitative estimate of drug-likeness (QED) is 0.687. The lowest BCUT2D eigenvalue weighted by molar-refractivity contribution is 0.0721. The summed E-state index contributed by atoms with van der Waals surface area (Å²) in [5, 5.41) is 4.72. The van der Waals surface area contributed by atoms with E-state index >= 15 is 0 Å². The summed E-state index contributed by atoms with van der Waals surface area (Å²) in [4.78, 5) is 23.5. The molecule has 0 N–H and O–H groups in total. The van der Waals surface area contributed by atoms with Crippen LogP contribution in [0.25, 0.3) is 0 Å². The summed E-state index contributed by atoms with van der Waals surface area (Å²) in [6.45, 7) is 0.679. The van der Waals surface area contributed by atoms with E-state index in [9.17, 15) is 4.79 Å². The number of rotatable bonds is 4. The number of likely N-dealkylation sites (tertiary alicyclic amines) is 1. The first-order valence-corrected chi connectivity index (χ1v) is 9.04. The molecule has 0 radical (unpaired) electrons. The molecule has 4 rings (SSSR count). The van der Waals surface area contributed by atoms with Gasteiger partial charge in [0.15, 0.2) is 0 Å². The number of carbonyl (C=O) groups is 1. The number of carbonyl (C=O) groups excluding carboxylic acids is 1. The van der Waals surface area contributed by atoms with E-state index < -0.39 is 0 Å². The molecule has 8 heteroatoms. The molecule has 1 aliphatic rings. The lowest BCUT2D eigenvalue weighted by atomic mass is 10.1. The molecule has 7 nitrogen and oxygen atoms in total. The van der Waals surface area contributed by atoms with Crippen LogP contribution in [0.1, 0.15) is 35.1 Å². The summed E-state index contributed by atoms with van der Waals surface area (Å²) >= 11 is 5.90. The number of ether oxygens (including phenoxy) is 1. The fraction of sp³-hybridized carbons (Fsp3) is 0.263. The summed E-state index contributed by atoms with van der Waals surface area (Å²) in [7, 11) is 1.76. The van der Waals surface area contributed by atoms with Crippen LogP contribution in [0.5, 0.6) is 11.6 Å². The second-order valence-corrected chi connectivity index (χ2v) is 6.77. The van der Waals surface area contributed by atoms with Gasteiger partial charge in [-0.15, -0.1) is 0 Å². The second-order valence-electron chi connectivity index (χ2n) is 6.33. The first-order valence-electron chi connectivity index (χ1n) is 8.66. The summed E-state index contributed by atoms with van der Waals surface area (Å²) < 4.78 is 7.36. The van der Waals surface area contributed by atoms with E-state index in [1.807, 2.05) is 4.90 Å².